The molecule has 1 aliphatic heterocycles. The van der Waals surface area contributed by atoms with E-state index in [0.717, 1.165) is 43.1 Å². The van der Waals surface area contributed by atoms with Gasteiger partial charge in [-0.3, -0.25) is 0 Å². The number of fused-ring (bicyclic) bond motifs is 3. The van der Waals surface area contributed by atoms with Gasteiger partial charge in [-0.15, -0.1) is 0 Å². The molecule has 0 aromatic rings. The lowest BCUT2D eigenvalue weighted by Crippen LogP contribution is -2.61. The molecule has 1 heterocycles. The molecule has 4 aliphatic rings. The number of hydrogen-bond donors (Lipinski definition) is 2. The van der Waals surface area contributed by atoms with E-state index in [2.05, 4.69) is 27.7 Å². The number of carbonyl (C=O) groups excluding carboxylic acids is 1. The minimum absolute atomic E-state index is 0.403. The van der Waals surface area contributed by atoms with E-state index in [1.54, 1.807) is 6.92 Å². The Bertz CT molecular complexity index is 777. The minimum atomic E-state index is -1.27. The summed E-state index contributed by atoms with van der Waals surface area (Å²) in [5.41, 5.74) is 0.865. The van der Waals surface area contributed by atoms with Gasteiger partial charge in [0, 0.05) is 6.08 Å². The van der Waals surface area contributed by atoms with Crippen molar-refractivity contribution in [1.82, 2.24) is 0 Å². The van der Waals surface area contributed by atoms with E-state index in [0.29, 0.717) is 23.2 Å². The third-order valence-electron chi connectivity index (χ3n) is 9.69. The molecule has 0 radical (unpaired) electrons. The summed E-state index contributed by atoms with van der Waals surface area (Å²) >= 11 is 0. The standard InChI is InChI=1S/C27H44O6/c1-8-14(2)13-19(28)32-24-23(30)22(29)16(4)31-25(24)33-27(7)12-11-18-21(26(18,5)6)20-15(3)9-10-17(20)27/h13,15-18,20-25,29-30H,8-12H2,1-7H3/t15?,16?,17-,18+,20+,21+,22?,23?,24?,25?,27-/m0/s1. The zero-order chi connectivity index (χ0) is 24.3. The molecule has 1 saturated heterocycles. The Morgan fingerprint density at radius 3 is 2.45 bits per heavy atom. The second-order valence-corrected chi connectivity index (χ2v) is 12.1. The van der Waals surface area contributed by atoms with Crippen LogP contribution in [-0.4, -0.2) is 52.5 Å². The topological polar surface area (TPSA) is 85.2 Å². The monoisotopic (exact) mass is 464 g/mol. The predicted molar refractivity (Wildman–Crippen MR) is 125 cm³/mol. The predicted octanol–water partition coefficient (Wildman–Crippen LogP) is 4.22. The maximum Gasteiger partial charge on any atom is 0.331 e. The molecular weight excluding hydrogens is 420 g/mol. The van der Waals surface area contributed by atoms with Crippen molar-refractivity contribution in [3.63, 3.8) is 0 Å². The molecule has 2 N–H and O–H groups in total. The molecule has 0 aromatic carbocycles. The third kappa shape index (κ3) is 4.41. The van der Waals surface area contributed by atoms with Gasteiger partial charge in [0.05, 0.1) is 11.7 Å². The van der Waals surface area contributed by atoms with Crippen molar-refractivity contribution < 1.29 is 29.2 Å². The minimum Gasteiger partial charge on any atom is -0.451 e. The van der Waals surface area contributed by atoms with Gasteiger partial charge in [-0.25, -0.2) is 4.79 Å². The average molecular weight is 465 g/mol. The molecule has 0 bridgehead atoms. The van der Waals surface area contributed by atoms with E-state index in [1.807, 2.05) is 13.8 Å². The molecule has 4 rings (SSSR count). The van der Waals surface area contributed by atoms with Gasteiger partial charge in [0.1, 0.15) is 12.2 Å². The summed E-state index contributed by atoms with van der Waals surface area (Å²) in [7, 11) is 0. The molecule has 0 aromatic heterocycles. The Labute approximate surface area is 199 Å². The number of rotatable bonds is 5. The Morgan fingerprint density at radius 2 is 1.79 bits per heavy atom. The zero-order valence-electron chi connectivity index (χ0n) is 21.4. The molecule has 3 saturated carbocycles. The van der Waals surface area contributed by atoms with Crippen LogP contribution in [0.1, 0.15) is 80.6 Å². The van der Waals surface area contributed by atoms with Crippen molar-refractivity contribution in [2.45, 2.75) is 117 Å². The van der Waals surface area contributed by atoms with Crippen LogP contribution < -0.4 is 0 Å². The lowest BCUT2D eigenvalue weighted by molar-refractivity contribution is -0.328. The van der Waals surface area contributed by atoms with Gasteiger partial charge in [0.25, 0.3) is 0 Å². The van der Waals surface area contributed by atoms with Gasteiger partial charge in [-0.1, -0.05) is 39.7 Å². The number of hydrogen-bond acceptors (Lipinski definition) is 6. The first kappa shape index (κ1) is 25.2. The molecule has 3 aliphatic carbocycles. The Kier molecular flexibility index (Phi) is 6.80. The van der Waals surface area contributed by atoms with Crippen LogP contribution >= 0.6 is 0 Å². The number of aliphatic hydroxyl groups is 2. The Hall–Kier alpha value is -0.950. The van der Waals surface area contributed by atoms with Crippen molar-refractivity contribution in [3.8, 4) is 0 Å². The molecule has 6 heteroatoms. The summed E-state index contributed by atoms with van der Waals surface area (Å²) in [6, 6.07) is 0. The first-order valence-corrected chi connectivity index (χ1v) is 13.0. The highest BCUT2D eigenvalue weighted by Crippen LogP contribution is 2.71. The average Bonchev–Trinajstić information content (AvgIpc) is 3.12. The van der Waals surface area contributed by atoms with E-state index in [-0.39, 0.29) is 0 Å². The van der Waals surface area contributed by atoms with Crippen LogP contribution in [0.25, 0.3) is 0 Å². The summed E-state index contributed by atoms with van der Waals surface area (Å²) in [6.07, 6.45) is 1.52. The number of esters is 1. The van der Waals surface area contributed by atoms with Gasteiger partial charge in [-0.2, -0.15) is 0 Å². The highest BCUT2D eigenvalue weighted by molar-refractivity contribution is 5.82. The normalized spacial score (nSPS) is 49.1. The second-order valence-electron chi connectivity index (χ2n) is 12.1. The van der Waals surface area contributed by atoms with Crippen LogP contribution in [0.3, 0.4) is 0 Å². The Morgan fingerprint density at radius 1 is 1.09 bits per heavy atom. The van der Waals surface area contributed by atoms with Crippen LogP contribution in [0.2, 0.25) is 0 Å². The molecule has 188 valence electrons. The second kappa shape index (κ2) is 8.92. The molecular formula is C27H44O6. The largest absolute Gasteiger partial charge is 0.451 e. The van der Waals surface area contributed by atoms with Gasteiger partial charge < -0.3 is 24.4 Å². The number of aliphatic hydroxyl groups excluding tert-OH is 2. The lowest BCUT2D eigenvalue weighted by Gasteiger charge is -2.47. The van der Waals surface area contributed by atoms with Crippen LogP contribution in [0.5, 0.6) is 0 Å². The molecule has 6 nitrogen and oxygen atoms in total. The summed E-state index contributed by atoms with van der Waals surface area (Å²) in [6.45, 7) is 14.9. The van der Waals surface area contributed by atoms with E-state index >= 15 is 0 Å². The number of carbonyl (C=O) groups is 1. The van der Waals surface area contributed by atoms with Gasteiger partial charge in [-0.05, 0) is 81.5 Å². The van der Waals surface area contributed by atoms with Gasteiger partial charge in [0.15, 0.2) is 12.4 Å². The van der Waals surface area contributed by atoms with E-state index < -0.39 is 42.3 Å². The summed E-state index contributed by atoms with van der Waals surface area (Å²) in [4.78, 5) is 12.5. The van der Waals surface area contributed by atoms with Gasteiger partial charge in [0.2, 0.25) is 0 Å². The fraction of sp³-hybridized carbons (Fsp3) is 0.889. The molecule has 33 heavy (non-hydrogen) atoms. The SMILES string of the molecule is CCC(C)=CC(=O)OC1C(O[C@@]2(C)CC[C@@H]3[C@H]([C@@H]4C(C)CC[C@@H]42)C3(C)C)OC(C)C(O)C1O. The van der Waals surface area contributed by atoms with Crippen LogP contribution in [0.15, 0.2) is 11.6 Å². The van der Waals surface area contributed by atoms with Crippen molar-refractivity contribution in [3.05, 3.63) is 11.6 Å². The van der Waals surface area contributed by atoms with Crippen molar-refractivity contribution in [2.24, 2.45) is 35.0 Å². The van der Waals surface area contributed by atoms with Crippen LogP contribution in [-0.2, 0) is 19.0 Å². The first-order valence-electron chi connectivity index (χ1n) is 13.0. The maximum absolute atomic E-state index is 12.5. The summed E-state index contributed by atoms with van der Waals surface area (Å²) in [5, 5.41) is 21.3. The Balaban J connectivity index is 1.57. The lowest BCUT2D eigenvalue weighted by atomic mass is 9.74. The number of allylic oxidation sites excluding steroid dienone is 1. The molecule has 0 amide bonds. The van der Waals surface area contributed by atoms with Crippen molar-refractivity contribution in [1.29, 1.82) is 0 Å². The van der Waals surface area contributed by atoms with Gasteiger partial charge >= 0.3 is 5.97 Å². The smallest absolute Gasteiger partial charge is 0.331 e. The molecule has 11 atom stereocenters. The van der Waals surface area contributed by atoms with Crippen LogP contribution in [0, 0.1) is 35.0 Å². The van der Waals surface area contributed by atoms with Crippen molar-refractivity contribution >= 4 is 5.97 Å². The number of ether oxygens (including phenoxy) is 3. The summed E-state index contributed by atoms with van der Waals surface area (Å²) < 4.78 is 18.4. The third-order valence-corrected chi connectivity index (χ3v) is 9.69. The van der Waals surface area contributed by atoms with E-state index in [1.165, 1.54) is 12.5 Å². The highest BCUT2D eigenvalue weighted by Gasteiger charge is 2.67. The molecule has 0 spiro atoms. The molecule has 6 unspecified atom stereocenters. The van der Waals surface area contributed by atoms with E-state index in [4.69, 9.17) is 14.2 Å². The maximum atomic E-state index is 12.5. The van der Waals surface area contributed by atoms with Crippen molar-refractivity contribution in [2.75, 3.05) is 0 Å². The first-order chi connectivity index (χ1) is 15.4. The quantitative estimate of drug-likeness (QED) is 0.468. The van der Waals surface area contributed by atoms with Crippen LogP contribution in [0.4, 0.5) is 0 Å². The zero-order valence-corrected chi connectivity index (χ0v) is 21.4. The summed E-state index contributed by atoms with van der Waals surface area (Å²) in [5.74, 6) is 2.61. The fourth-order valence-electron chi connectivity index (χ4n) is 7.38. The van der Waals surface area contributed by atoms with E-state index in [9.17, 15) is 15.0 Å². The fourth-order valence-corrected chi connectivity index (χ4v) is 7.38. The highest BCUT2D eigenvalue weighted by atomic mass is 16.7. The molecule has 4 fully saturated rings.